The molecule has 0 amide bonds. The van der Waals surface area contributed by atoms with Crippen molar-refractivity contribution >= 4 is 44.0 Å². The number of hydrogen-bond donors (Lipinski definition) is 1. The number of rotatable bonds is 4. The number of nitrogens with zero attached hydrogens (tertiary/aromatic N) is 3. The van der Waals surface area contributed by atoms with Gasteiger partial charge in [0, 0.05) is 16.6 Å². The van der Waals surface area contributed by atoms with Gasteiger partial charge in [0.1, 0.15) is 17.2 Å². The van der Waals surface area contributed by atoms with E-state index in [9.17, 15) is 0 Å². The molecule has 1 N–H and O–H groups in total. The molecule has 5 aromatic rings. The van der Waals surface area contributed by atoms with Crippen molar-refractivity contribution in [1.29, 1.82) is 0 Å². The zero-order chi connectivity index (χ0) is 19.8. The highest BCUT2D eigenvalue weighted by molar-refractivity contribution is 7.21. The second-order valence-electron chi connectivity index (χ2n) is 7.12. The van der Waals surface area contributed by atoms with Gasteiger partial charge < -0.3 is 5.32 Å². The van der Waals surface area contributed by atoms with Crippen molar-refractivity contribution in [3.63, 3.8) is 0 Å². The third kappa shape index (κ3) is 3.45. The van der Waals surface area contributed by atoms with Crippen molar-refractivity contribution in [2.75, 3.05) is 5.32 Å². The summed E-state index contributed by atoms with van der Waals surface area (Å²) in [6, 6.07) is 21.1. The molecular weight excluding hydrogens is 376 g/mol. The topological polar surface area (TPSA) is 50.7 Å². The van der Waals surface area contributed by atoms with E-state index in [0.717, 1.165) is 44.9 Å². The number of aromatic nitrogens is 3. The molecule has 0 aliphatic heterocycles. The number of anilines is 2. The summed E-state index contributed by atoms with van der Waals surface area (Å²) in [6.45, 7) is 4.26. The molecule has 0 bridgehead atoms. The van der Waals surface area contributed by atoms with Gasteiger partial charge in [0.25, 0.3) is 0 Å². The minimum Gasteiger partial charge on any atom is -0.340 e. The molecule has 0 saturated heterocycles. The molecule has 29 heavy (non-hydrogen) atoms. The van der Waals surface area contributed by atoms with Crippen LogP contribution in [-0.4, -0.2) is 15.0 Å². The van der Waals surface area contributed by atoms with Gasteiger partial charge in [0.2, 0.25) is 0 Å². The van der Waals surface area contributed by atoms with E-state index in [1.54, 1.807) is 17.7 Å². The van der Waals surface area contributed by atoms with Crippen molar-refractivity contribution in [2.24, 2.45) is 0 Å². The third-order valence-electron chi connectivity index (χ3n) is 5.05. The average molecular weight is 397 g/mol. The first-order valence-electron chi connectivity index (χ1n) is 9.68. The lowest BCUT2D eigenvalue weighted by Crippen LogP contribution is -1.96. The number of hydrogen-bond acceptors (Lipinski definition) is 5. The van der Waals surface area contributed by atoms with Crippen LogP contribution in [0.4, 0.5) is 11.5 Å². The number of nitrogens with one attached hydrogen (secondary N) is 1. The molecule has 0 fully saturated rings. The molecule has 0 spiro atoms. The van der Waals surface area contributed by atoms with Crippen LogP contribution in [0.2, 0.25) is 0 Å². The number of fused-ring (bicyclic) bond motifs is 2. The first-order chi connectivity index (χ1) is 14.2. The molecule has 5 rings (SSSR count). The Labute approximate surface area is 173 Å². The monoisotopic (exact) mass is 396 g/mol. The van der Waals surface area contributed by atoms with E-state index < -0.39 is 0 Å². The molecule has 0 unspecified atom stereocenters. The average Bonchev–Trinajstić information content (AvgIpc) is 3.17. The summed E-state index contributed by atoms with van der Waals surface area (Å²) in [5.74, 6) is 0.827. The maximum absolute atomic E-state index is 4.78. The Bertz CT molecular complexity index is 1320. The molecule has 0 atom stereocenters. The number of aryl methyl sites for hydroxylation is 2. The molecule has 142 valence electrons. The molecule has 0 aliphatic rings. The molecular formula is C24H20N4S. The predicted octanol–water partition coefficient (Wildman–Crippen LogP) is 6.52. The summed E-state index contributed by atoms with van der Waals surface area (Å²) in [6.07, 6.45) is 2.59. The fourth-order valence-corrected chi connectivity index (χ4v) is 4.48. The van der Waals surface area contributed by atoms with Gasteiger partial charge in [-0.2, -0.15) is 0 Å². The van der Waals surface area contributed by atoms with Crippen LogP contribution >= 0.6 is 11.3 Å². The molecule has 2 heterocycles. The van der Waals surface area contributed by atoms with E-state index in [1.807, 2.05) is 0 Å². The van der Waals surface area contributed by atoms with Gasteiger partial charge >= 0.3 is 0 Å². The largest absolute Gasteiger partial charge is 0.340 e. The fraction of sp³-hybridized carbons (Fsp3) is 0.125. The second kappa shape index (κ2) is 7.26. The van der Waals surface area contributed by atoms with E-state index in [-0.39, 0.29) is 0 Å². The van der Waals surface area contributed by atoms with Crippen LogP contribution in [0, 0.1) is 6.92 Å². The summed E-state index contributed by atoms with van der Waals surface area (Å²) in [4.78, 5) is 13.6. The van der Waals surface area contributed by atoms with Crippen molar-refractivity contribution in [1.82, 2.24) is 15.0 Å². The first kappa shape index (κ1) is 17.8. The predicted molar refractivity (Wildman–Crippen MR) is 122 cm³/mol. The lowest BCUT2D eigenvalue weighted by Gasteiger charge is -2.09. The Morgan fingerprint density at radius 2 is 1.72 bits per heavy atom. The molecule has 4 nitrogen and oxygen atoms in total. The van der Waals surface area contributed by atoms with E-state index in [2.05, 4.69) is 89.8 Å². The summed E-state index contributed by atoms with van der Waals surface area (Å²) >= 11 is 1.73. The van der Waals surface area contributed by atoms with Gasteiger partial charge in [-0.3, -0.25) is 0 Å². The SMILES string of the molecule is CCc1ccc2ncnc(Nc3ccc(-c4nc5ccc(C)cc5s4)cc3)c2c1. The summed E-state index contributed by atoms with van der Waals surface area (Å²) in [5, 5.41) is 5.52. The second-order valence-corrected chi connectivity index (χ2v) is 8.15. The lowest BCUT2D eigenvalue weighted by molar-refractivity contribution is 1.14. The van der Waals surface area contributed by atoms with Gasteiger partial charge in [-0.05, 0) is 73.0 Å². The van der Waals surface area contributed by atoms with Gasteiger partial charge in [0.15, 0.2) is 0 Å². The van der Waals surface area contributed by atoms with Crippen molar-refractivity contribution in [3.05, 3.63) is 78.1 Å². The molecule has 3 aromatic carbocycles. The summed E-state index contributed by atoms with van der Waals surface area (Å²) in [5.41, 5.74) is 6.65. The minimum absolute atomic E-state index is 0.827. The van der Waals surface area contributed by atoms with Crippen LogP contribution in [-0.2, 0) is 6.42 Å². The summed E-state index contributed by atoms with van der Waals surface area (Å²) < 4.78 is 1.22. The van der Waals surface area contributed by atoms with E-state index in [4.69, 9.17) is 4.98 Å². The van der Waals surface area contributed by atoms with Crippen molar-refractivity contribution in [2.45, 2.75) is 20.3 Å². The van der Waals surface area contributed by atoms with E-state index in [1.165, 1.54) is 15.8 Å². The van der Waals surface area contributed by atoms with Gasteiger partial charge in [-0.25, -0.2) is 15.0 Å². The Balaban J connectivity index is 1.45. The Hall–Kier alpha value is -3.31. The zero-order valence-corrected chi connectivity index (χ0v) is 17.1. The van der Waals surface area contributed by atoms with Crippen LogP contribution < -0.4 is 5.32 Å². The maximum atomic E-state index is 4.78. The zero-order valence-electron chi connectivity index (χ0n) is 16.3. The normalized spacial score (nSPS) is 11.2. The Morgan fingerprint density at radius 3 is 2.55 bits per heavy atom. The molecule has 0 saturated carbocycles. The minimum atomic E-state index is 0.827. The smallest absolute Gasteiger partial charge is 0.141 e. The highest BCUT2D eigenvalue weighted by Gasteiger charge is 2.08. The van der Waals surface area contributed by atoms with Gasteiger partial charge in [-0.15, -0.1) is 11.3 Å². The fourth-order valence-electron chi connectivity index (χ4n) is 3.41. The molecule has 5 heteroatoms. The number of benzene rings is 3. The van der Waals surface area contributed by atoms with Gasteiger partial charge in [0.05, 0.1) is 15.7 Å². The Morgan fingerprint density at radius 1 is 0.897 bits per heavy atom. The number of thiazole rings is 1. The summed E-state index contributed by atoms with van der Waals surface area (Å²) in [7, 11) is 0. The molecule has 0 aliphatic carbocycles. The van der Waals surface area contributed by atoms with Crippen molar-refractivity contribution < 1.29 is 0 Å². The quantitative estimate of drug-likeness (QED) is 0.376. The van der Waals surface area contributed by atoms with E-state index >= 15 is 0 Å². The molecule has 0 radical (unpaired) electrons. The van der Waals surface area contributed by atoms with Crippen molar-refractivity contribution in [3.8, 4) is 10.6 Å². The molecule has 2 aromatic heterocycles. The van der Waals surface area contributed by atoms with Crippen LogP contribution in [0.5, 0.6) is 0 Å². The third-order valence-corrected chi connectivity index (χ3v) is 6.11. The lowest BCUT2D eigenvalue weighted by atomic mass is 10.1. The van der Waals surface area contributed by atoms with Crippen LogP contribution in [0.1, 0.15) is 18.1 Å². The van der Waals surface area contributed by atoms with Crippen LogP contribution in [0.25, 0.3) is 31.7 Å². The Kier molecular flexibility index (Phi) is 4.45. The standard InChI is InChI=1S/C24H20N4S/c1-3-16-5-11-20-19(13-16)23(26-14-25-20)27-18-8-6-17(7-9-18)24-28-21-10-4-15(2)12-22(21)29-24/h4-14H,3H2,1-2H3,(H,25,26,27). The van der Waals surface area contributed by atoms with Gasteiger partial charge in [-0.1, -0.05) is 19.1 Å². The van der Waals surface area contributed by atoms with E-state index in [0.29, 0.717) is 0 Å². The van der Waals surface area contributed by atoms with Crippen LogP contribution in [0.3, 0.4) is 0 Å². The first-order valence-corrected chi connectivity index (χ1v) is 10.5. The highest BCUT2D eigenvalue weighted by atomic mass is 32.1. The highest BCUT2D eigenvalue weighted by Crippen LogP contribution is 2.32. The van der Waals surface area contributed by atoms with Crippen LogP contribution in [0.15, 0.2) is 67.0 Å². The maximum Gasteiger partial charge on any atom is 0.141 e.